The molecule has 0 aliphatic carbocycles. The van der Waals surface area contributed by atoms with Crippen molar-refractivity contribution < 1.29 is 4.74 Å². The Balaban J connectivity index is 1.78. The Morgan fingerprint density at radius 3 is 2.33 bits per heavy atom. The van der Waals surface area contributed by atoms with Crippen LogP contribution in [0.25, 0.3) is 0 Å². The molecule has 2 heterocycles. The summed E-state index contributed by atoms with van der Waals surface area (Å²) < 4.78 is 5.44. The van der Waals surface area contributed by atoms with Crippen LogP contribution in [0.5, 0.6) is 0 Å². The standard InChI is InChI=1S/C17H27N3O/c1-17(2)5-7-20(8-6-17)16-13-14(3-4-15(16)18)19-9-11-21-12-10-19/h3-4,13H,5-12,18H2,1-2H3. The Bertz CT molecular complexity index is 485. The van der Waals surface area contributed by atoms with Gasteiger partial charge in [-0.05, 0) is 36.5 Å². The minimum Gasteiger partial charge on any atom is -0.397 e. The van der Waals surface area contributed by atoms with E-state index in [9.17, 15) is 0 Å². The van der Waals surface area contributed by atoms with Gasteiger partial charge in [-0.15, -0.1) is 0 Å². The van der Waals surface area contributed by atoms with E-state index in [1.807, 2.05) is 0 Å². The lowest BCUT2D eigenvalue weighted by Crippen LogP contribution is -2.38. The number of nitrogen functional groups attached to an aromatic ring is 1. The van der Waals surface area contributed by atoms with Crippen molar-refractivity contribution in [3.8, 4) is 0 Å². The average Bonchev–Trinajstić information content (AvgIpc) is 2.49. The molecule has 1 aromatic rings. The summed E-state index contributed by atoms with van der Waals surface area (Å²) in [6, 6.07) is 6.46. The second kappa shape index (κ2) is 5.76. The van der Waals surface area contributed by atoms with Gasteiger partial charge in [-0.2, -0.15) is 0 Å². The Hall–Kier alpha value is -1.42. The van der Waals surface area contributed by atoms with Gasteiger partial charge in [-0.1, -0.05) is 13.8 Å². The maximum absolute atomic E-state index is 6.23. The third kappa shape index (κ3) is 3.26. The van der Waals surface area contributed by atoms with Crippen LogP contribution in [0.15, 0.2) is 18.2 Å². The van der Waals surface area contributed by atoms with Gasteiger partial charge in [0.25, 0.3) is 0 Å². The van der Waals surface area contributed by atoms with Crippen molar-refractivity contribution in [1.29, 1.82) is 0 Å². The molecular weight excluding hydrogens is 262 g/mol. The molecule has 2 fully saturated rings. The molecule has 0 saturated carbocycles. The fourth-order valence-corrected chi connectivity index (χ4v) is 3.18. The highest BCUT2D eigenvalue weighted by Crippen LogP contribution is 2.36. The van der Waals surface area contributed by atoms with Crippen molar-refractivity contribution in [2.45, 2.75) is 26.7 Å². The molecule has 0 bridgehead atoms. The van der Waals surface area contributed by atoms with Gasteiger partial charge in [0.15, 0.2) is 0 Å². The number of hydrogen-bond donors (Lipinski definition) is 1. The Labute approximate surface area is 127 Å². The lowest BCUT2D eigenvalue weighted by Gasteiger charge is -2.39. The third-order valence-electron chi connectivity index (χ3n) is 4.85. The first kappa shape index (κ1) is 14.5. The van der Waals surface area contributed by atoms with Gasteiger partial charge >= 0.3 is 0 Å². The molecule has 0 amide bonds. The highest BCUT2D eigenvalue weighted by atomic mass is 16.5. The molecule has 0 unspecified atom stereocenters. The molecule has 2 aliphatic rings. The number of ether oxygens (including phenoxy) is 1. The predicted molar refractivity (Wildman–Crippen MR) is 89.1 cm³/mol. The number of benzene rings is 1. The van der Waals surface area contributed by atoms with Crippen LogP contribution in [0, 0.1) is 5.41 Å². The van der Waals surface area contributed by atoms with E-state index in [-0.39, 0.29) is 0 Å². The van der Waals surface area contributed by atoms with E-state index < -0.39 is 0 Å². The fraction of sp³-hybridized carbons (Fsp3) is 0.647. The molecule has 1 aromatic carbocycles. The lowest BCUT2D eigenvalue weighted by molar-refractivity contribution is 0.122. The zero-order chi connectivity index (χ0) is 14.9. The molecule has 2 N–H and O–H groups in total. The number of hydrogen-bond acceptors (Lipinski definition) is 4. The SMILES string of the molecule is CC1(C)CCN(c2cc(N3CCOCC3)ccc2N)CC1. The number of rotatable bonds is 2. The molecule has 116 valence electrons. The summed E-state index contributed by atoms with van der Waals surface area (Å²) >= 11 is 0. The first-order valence-corrected chi connectivity index (χ1v) is 8.02. The van der Waals surface area contributed by atoms with E-state index in [0.717, 1.165) is 45.1 Å². The molecule has 0 aromatic heterocycles. The minimum atomic E-state index is 0.465. The monoisotopic (exact) mass is 289 g/mol. The summed E-state index contributed by atoms with van der Waals surface area (Å²) in [6.07, 6.45) is 2.46. The minimum absolute atomic E-state index is 0.465. The Morgan fingerprint density at radius 2 is 1.67 bits per heavy atom. The maximum atomic E-state index is 6.23. The maximum Gasteiger partial charge on any atom is 0.0642 e. The first-order valence-electron chi connectivity index (χ1n) is 8.02. The van der Waals surface area contributed by atoms with Crippen LogP contribution in [-0.4, -0.2) is 39.4 Å². The van der Waals surface area contributed by atoms with Gasteiger partial charge in [0.05, 0.1) is 24.6 Å². The van der Waals surface area contributed by atoms with Crippen LogP contribution >= 0.6 is 0 Å². The normalized spacial score (nSPS) is 22.4. The molecule has 0 atom stereocenters. The number of piperidine rings is 1. The van der Waals surface area contributed by atoms with Crippen LogP contribution in [-0.2, 0) is 4.74 Å². The summed E-state index contributed by atoms with van der Waals surface area (Å²) in [5, 5.41) is 0. The smallest absolute Gasteiger partial charge is 0.0642 e. The molecule has 0 radical (unpaired) electrons. The zero-order valence-corrected chi connectivity index (χ0v) is 13.3. The molecule has 3 rings (SSSR count). The van der Waals surface area contributed by atoms with Gasteiger partial charge in [0.1, 0.15) is 0 Å². The van der Waals surface area contributed by atoms with Crippen molar-refractivity contribution >= 4 is 17.1 Å². The molecule has 4 nitrogen and oxygen atoms in total. The van der Waals surface area contributed by atoms with Crippen molar-refractivity contribution in [3.05, 3.63) is 18.2 Å². The van der Waals surface area contributed by atoms with Crippen molar-refractivity contribution in [2.75, 3.05) is 54.9 Å². The van der Waals surface area contributed by atoms with Gasteiger partial charge in [-0.25, -0.2) is 0 Å². The number of nitrogens with zero attached hydrogens (tertiary/aromatic N) is 2. The highest BCUT2D eigenvalue weighted by molar-refractivity contribution is 5.73. The zero-order valence-electron chi connectivity index (χ0n) is 13.3. The van der Waals surface area contributed by atoms with E-state index in [2.05, 4.69) is 41.8 Å². The molecule has 21 heavy (non-hydrogen) atoms. The quantitative estimate of drug-likeness (QED) is 0.850. The van der Waals surface area contributed by atoms with Gasteiger partial charge < -0.3 is 20.3 Å². The lowest BCUT2D eigenvalue weighted by atomic mass is 9.82. The van der Waals surface area contributed by atoms with Gasteiger partial charge in [0, 0.05) is 31.9 Å². The van der Waals surface area contributed by atoms with Crippen LogP contribution in [0.2, 0.25) is 0 Å². The third-order valence-corrected chi connectivity index (χ3v) is 4.85. The second-order valence-electron chi connectivity index (χ2n) is 6.99. The average molecular weight is 289 g/mol. The van der Waals surface area contributed by atoms with Crippen LogP contribution in [0.4, 0.5) is 17.1 Å². The molecule has 0 spiro atoms. The Kier molecular flexibility index (Phi) is 3.98. The molecular formula is C17H27N3O. The summed E-state index contributed by atoms with van der Waals surface area (Å²) in [5.41, 5.74) is 10.1. The van der Waals surface area contributed by atoms with Crippen LogP contribution in [0.1, 0.15) is 26.7 Å². The predicted octanol–water partition coefficient (Wildman–Crippen LogP) is 2.73. The van der Waals surface area contributed by atoms with Gasteiger partial charge in [0.2, 0.25) is 0 Å². The fourth-order valence-electron chi connectivity index (χ4n) is 3.18. The van der Waals surface area contributed by atoms with Gasteiger partial charge in [-0.3, -0.25) is 0 Å². The van der Waals surface area contributed by atoms with Crippen molar-refractivity contribution in [2.24, 2.45) is 5.41 Å². The topological polar surface area (TPSA) is 41.7 Å². The van der Waals surface area contributed by atoms with E-state index in [4.69, 9.17) is 10.5 Å². The van der Waals surface area contributed by atoms with Crippen LogP contribution < -0.4 is 15.5 Å². The molecule has 2 aliphatic heterocycles. The Morgan fingerprint density at radius 1 is 1.00 bits per heavy atom. The summed E-state index contributed by atoms with van der Waals surface area (Å²) in [7, 11) is 0. The number of nitrogens with two attached hydrogens (primary N) is 1. The van der Waals surface area contributed by atoms with E-state index in [1.165, 1.54) is 24.2 Å². The van der Waals surface area contributed by atoms with Crippen LogP contribution in [0.3, 0.4) is 0 Å². The number of anilines is 3. The first-order chi connectivity index (χ1) is 10.1. The summed E-state index contributed by atoms with van der Waals surface area (Å²) in [4.78, 5) is 4.84. The largest absolute Gasteiger partial charge is 0.397 e. The summed E-state index contributed by atoms with van der Waals surface area (Å²) in [6.45, 7) is 10.5. The number of morpholine rings is 1. The second-order valence-corrected chi connectivity index (χ2v) is 6.99. The van der Waals surface area contributed by atoms with E-state index in [0.29, 0.717) is 5.41 Å². The van der Waals surface area contributed by atoms with Crippen molar-refractivity contribution in [1.82, 2.24) is 0 Å². The highest BCUT2D eigenvalue weighted by Gasteiger charge is 2.26. The van der Waals surface area contributed by atoms with E-state index in [1.54, 1.807) is 0 Å². The molecule has 2 saturated heterocycles. The van der Waals surface area contributed by atoms with Crippen molar-refractivity contribution in [3.63, 3.8) is 0 Å². The van der Waals surface area contributed by atoms with E-state index >= 15 is 0 Å². The molecule has 4 heteroatoms. The summed E-state index contributed by atoms with van der Waals surface area (Å²) in [5.74, 6) is 0.